The zero-order valence-corrected chi connectivity index (χ0v) is 10.8. The summed E-state index contributed by atoms with van der Waals surface area (Å²) in [6.07, 6.45) is 0. The number of rotatable bonds is 5. The molecule has 0 spiro atoms. The van der Waals surface area contributed by atoms with Gasteiger partial charge in [-0.15, -0.1) is 0 Å². The van der Waals surface area contributed by atoms with Crippen LogP contribution in [0.3, 0.4) is 0 Å². The van der Waals surface area contributed by atoms with Gasteiger partial charge in [0.05, 0.1) is 0 Å². The molecule has 0 unspecified atom stereocenters. The molecule has 3 heteroatoms. The van der Waals surface area contributed by atoms with E-state index in [1.165, 1.54) is 11.1 Å². The minimum atomic E-state index is -1.48. The second-order valence-electron chi connectivity index (χ2n) is 3.58. The Hall–Kier alpha value is -0.903. The lowest BCUT2D eigenvalue weighted by Gasteiger charge is -2.11. The van der Waals surface area contributed by atoms with Crippen LogP contribution in [0.2, 0.25) is 0 Å². The largest absolute Gasteiger partial charge is 0.400 e. The highest BCUT2D eigenvalue weighted by Gasteiger charge is 2.10. The minimum absolute atomic E-state index is 0.906. The van der Waals surface area contributed by atoms with Crippen LogP contribution in [-0.2, 0) is 14.9 Å². The Balaban J connectivity index is 2.67. The fourth-order valence-electron chi connectivity index (χ4n) is 1.38. The van der Waals surface area contributed by atoms with E-state index in [9.17, 15) is 0 Å². The lowest BCUT2D eigenvalue weighted by molar-refractivity contribution is 0.277. The van der Waals surface area contributed by atoms with E-state index < -0.39 is 9.28 Å². The van der Waals surface area contributed by atoms with E-state index in [-0.39, 0.29) is 0 Å². The van der Waals surface area contributed by atoms with Gasteiger partial charge in [-0.25, -0.2) is 0 Å². The SMILES string of the molecule is C=C(C)c1ccc(C[SiH](OC)OC)cc1. The highest BCUT2D eigenvalue weighted by molar-refractivity contribution is 6.43. The third kappa shape index (κ3) is 3.62. The molecule has 15 heavy (non-hydrogen) atoms. The number of benzene rings is 1. The summed E-state index contributed by atoms with van der Waals surface area (Å²) >= 11 is 0. The van der Waals surface area contributed by atoms with Gasteiger partial charge in [0.2, 0.25) is 0 Å². The molecule has 0 atom stereocenters. The van der Waals surface area contributed by atoms with Crippen molar-refractivity contribution in [1.29, 1.82) is 0 Å². The highest BCUT2D eigenvalue weighted by atomic mass is 28.3. The summed E-state index contributed by atoms with van der Waals surface area (Å²) in [6, 6.07) is 9.32. The predicted molar refractivity (Wildman–Crippen MR) is 66.0 cm³/mol. The lowest BCUT2D eigenvalue weighted by Crippen LogP contribution is -2.22. The van der Waals surface area contributed by atoms with Crippen molar-refractivity contribution < 1.29 is 8.85 Å². The van der Waals surface area contributed by atoms with Gasteiger partial charge in [-0.1, -0.05) is 36.4 Å². The molecule has 0 fully saturated rings. The van der Waals surface area contributed by atoms with Crippen LogP contribution in [0.15, 0.2) is 30.8 Å². The lowest BCUT2D eigenvalue weighted by atomic mass is 10.1. The van der Waals surface area contributed by atoms with Crippen molar-refractivity contribution in [3.05, 3.63) is 42.0 Å². The minimum Gasteiger partial charge on any atom is -0.400 e. The van der Waals surface area contributed by atoms with Crippen LogP contribution in [0.5, 0.6) is 0 Å². The van der Waals surface area contributed by atoms with E-state index in [1.807, 2.05) is 6.92 Å². The Morgan fingerprint density at radius 3 is 2.13 bits per heavy atom. The van der Waals surface area contributed by atoms with Crippen LogP contribution >= 0.6 is 0 Å². The zero-order valence-electron chi connectivity index (χ0n) is 9.62. The van der Waals surface area contributed by atoms with Crippen molar-refractivity contribution in [3.8, 4) is 0 Å². The van der Waals surface area contributed by atoms with Gasteiger partial charge in [-0.05, 0) is 18.1 Å². The van der Waals surface area contributed by atoms with E-state index in [0.29, 0.717) is 0 Å². The molecule has 1 aromatic rings. The van der Waals surface area contributed by atoms with E-state index in [4.69, 9.17) is 8.85 Å². The molecule has 82 valence electrons. The second kappa shape index (κ2) is 5.85. The quantitative estimate of drug-likeness (QED) is 0.712. The van der Waals surface area contributed by atoms with Gasteiger partial charge in [0.1, 0.15) is 0 Å². The molecular weight excluding hydrogens is 204 g/mol. The van der Waals surface area contributed by atoms with Crippen molar-refractivity contribution in [3.63, 3.8) is 0 Å². The summed E-state index contributed by atoms with van der Waals surface area (Å²) in [5.41, 5.74) is 3.54. The Bertz CT molecular complexity index is 315. The molecule has 0 aliphatic carbocycles. The zero-order chi connectivity index (χ0) is 11.3. The Morgan fingerprint density at radius 1 is 1.20 bits per heavy atom. The number of allylic oxidation sites excluding steroid dienone is 1. The van der Waals surface area contributed by atoms with Crippen LogP contribution in [0, 0.1) is 0 Å². The molecule has 0 heterocycles. The summed E-state index contributed by atoms with van der Waals surface area (Å²) in [5, 5.41) is 0. The summed E-state index contributed by atoms with van der Waals surface area (Å²) in [7, 11) is 1.94. The van der Waals surface area contributed by atoms with Gasteiger partial charge < -0.3 is 8.85 Å². The first-order valence-corrected chi connectivity index (χ1v) is 6.73. The molecule has 0 aliphatic rings. The Kier molecular flexibility index (Phi) is 4.75. The molecule has 1 rings (SSSR count). The standard InChI is InChI=1S/C12H18O2Si/c1-10(2)12-7-5-11(6-8-12)9-15(13-3)14-4/h5-8,15H,1,9H2,2-4H3. The third-order valence-electron chi connectivity index (χ3n) is 2.37. The molecule has 0 radical (unpaired) electrons. The molecule has 0 aliphatic heterocycles. The van der Waals surface area contributed by atoms with Crippen LogP contribution in [-0.4, -0.2) is 23.5 Å². The van der Waals surface area contributed by atoms with Crippen molar-refractivity contribution in [1.82, 2.24) is 0 Å². The van der Waals surface area contributed by atoms with Gasteiger partial charge >= 0.3 is 9.28 Å². The third-order valence-corrected chi connectivity index (χ3v) is 4.23. The first kappa shape index (κ1) is 12.2. The van der Waals surface area contributed by atoms with Crippen LogP contribution in [0.4, 0.5) is 0 Å². The van der Waals surface area contributed by atoms with Crippen molar-refractivity contribution in [2.45, 2.75) is 13.0 Å². The van der Waals surface area contributed by atoms with E-state index in [1.54, 1.807) is 14.2 Å². The predicted octanol–water partition coefficient (Wildman–Crippen LogP) is 2.31. The summed E-state index contributed by atoms with van der Waals surface area (Å²) < 4.78 is 10.6. The summed E-state index contributed by atoms with van der Waals surface area (Å²) in [6.45, 7) is 5.92. The van der Waals surface area contributed by atoms with Crippen LogP contribution < -0.4 is 0 Å². The van der Waals surface area contributed by atoms with Gasteiger partial charge in [-0.2, -0.15) is 0 Å². The molecule has 2 nitrogen and oxygen atoms in total. The number of hydrogen-bond acceptors (Lipinski definition) is 2. The van der Waals surface area contributed by atoms with E-state index >= 15 is 0 Å². The molecule has 0 amide bonds. The molecule has 0 saturated carbocycles. The molecule has 0 N–H and O–H groups in total. The van der Waals surface area contributed by atoms with Gasteiger partial charge in [-0.3, -0.25) is 0 Å². The first-order valence-electron chi connectivity index (χ1n) is 4.97. The van der Waals surface area contributed by atoms with Crippen LogP contribution in [0.1, 0.15) is 18.1 Å². The average Bonchev–Trinajstić information content (AvgIpc) is 2.26. The topological polar surface area (TPSA) is 18.5 Å². The molecular formula is C12H18O2Si. The molecule has 0 bridgehead atoms. The highest BCUT2D eigenvalue weighted by Crippen LogP contribution is 2.13. The van der Waals surface area contributed by atoms with Gasteiger partial charge in [0.25, 0.3) is 0 Å². The second-order valence-corrected chi connectivity index (χ2v) is 5.79. The molecule has 0 saturated heterocycles. The monoisotopic (exact) mass is 222 g/mol. The first-order chi connectivity index (χ1) is 7.17. The summed E-state index contributed by atoms with van der Waals surface area (Å²) in [4.78, 5) is 0. The van der Waals surface area contributed by atoms with Gasteiger partial charge in [0, 0.05) is 20.3 Å². The molecule has 0 aromatic heterocycles. The smallest absolute Gasteiger partial charge is 0.325 e. The van der Waals surface area contributed by atoms with Crippen molar-refractivity contribution >= 4 is 14.9 Å². The summed E-state index contributed by atoms with van der Waals surface area (Å²) in [5.74, 6) is 0. The fourth-order valence-corrected chi connectivity index (χ4v) is 2.56. The normalized spacial score (nSPS) is 10.7. The maximum atomic E-state index is 5.28. The van der Waals surface area contributed by atoms with Crippen LogP contribution in [0.25, 0.3) is 5.57 Å². The van der Waals surface area contributed by atoms with Crippen molar-refractivity contribution in [2.75, 3.05) is 14.2 Å². The maximum absolute atomic E-state index is 5.28. The Morgan fingerprint density at radius 2 is 1.73 bits per heavy atom. The van der Waals surface area contributed by atoms with E-state index in [2.05, 4.69) is 30.8 Å². The maximum Gasteiger partial charge on any atom is 0.325 e. The number of hydrogen-bond donors (Lipinski definition) is 0. The fraction of sp³-hybridized carbons (Fsp3) is 0.333. The Labute approximate surface area is 93.4 Å². The van der Waals surface area contributed by atoms with E-state index in [0.717, 1.165) is 11.6 Å². The average molecular weight is 222 g/mol. The molecule has 1 aromatic carbocycles. The van der Waals surface area contributed by atoms with Gasteiger partial charge in [0.15, 0.2) is 0 Å². The van der Waals surface area contributed by atoms with Crippen molar-refractivity contribution in [2.24, 2.45) is 0 Å².